The van der Waals surface area contributed by atoms with Crippen LogP contribution in [0.15, 0.2) is 16.5 Å². The summed E-state index contributed by atoms with van der Waals surface area (Å²) in [4.78, 5) is 0. The molecule has 6 heteroatoms. The van der Waals surface area contributed by atoms with E-state index in [0.29, 0.717) is 12.3 Å². The molecule has 0 atom stereocenters. The third kappa shape index (κ3) is 3.83. The molecule has 0 saturated heterocycles. The highest BCUT2D eigenvalue weighted by molar-refractivity contribution is 7.86. The summed E-state index contributed by atoms with van der Waals surface area (Å²) in [7, 11) is -0.222. The molecule has 1 heterocycles. The third-order valence-electron chi connectivity index (χ3n) is 2.79. The van der Waals surface area contributed by atoms with Crippen molar-refractivity contribution in [1.29, 1.82) is 0 Å². The molecule has 0 unspecified atom stereocenters. The molecule has 1 rings (SSSR count). The van der Waals surface area contributed by atoms with Gasteiger partial charge in [0, 0.05) is 20.6 Å². The first-order chi connectivity index (χ1) is 8.37. The predicted octanol–water partition coefficient (Wildman–Crippen LogP) is 2.00. The molecule has 0 aliphatic heterocycles. The maximum atomic E-state index is 12.2. The van der Waals surface area contributed by atoms with Crippen molar-refractivity contribution in [3.63, 3.8) is 0 Å². The zero-order chi connectivity index (χ0) is 13.8. The molecular weight excluding hydrogens is 252 g/mol. The molecular formula is C12H22N2O3S. The number of furan rings is 1. The summed E-state index contributed by atoms with van der Waals surface area (Å²) in [6, 6.07) is 3.63. The van der Waals surface area contributed by atoms with Crippen molar-refractivity contribution in [3.8, 4) is 0 Å². The van der Waals surface area contributed by atoms with Gasteiger partial charge in [0.2, 0.25) is 0 Å². The smallest absolute Gasteiger partial charge is 0.281 e. The molecule has 0 aliphatic carbocycles. The second-order valence-electron chi connectivity index (χ2n) is 4.45. The first-order valence-corrected chi connectivity index (χ1v) is 7.50. The van der Waals surface area contributed by atoms with Gasteiger partial charge in [-0.05, 0) is 25.5 Å². The molecule has 5 nitrogen and oxygen atoms in total. The van der Waals surface area contributed by atoms with Crippen molar-refractivity contribution < 1.29 is 12.8 Å². The van der Waals surface area contributed by atoms with Crippen LogP contribution in [0.25, 0.3) is 0 Å². The lowest BCUT2D eigenvalue weighted by molar-refractivity contribution is 0.358. The number of hydrogen-bond acceptors (Lipinski definition) is 3. The first-order valence-electron chi connectivity index (χ1n) is 6.10. The van der Waals surface area contributed by atoms with Crippen LogP contribution in [0.3, 0.4) is 0 Å². The van der Waals surface area contributed by atoms with Crippen LogP contribution < -0.4 is 0 Å². The van der Waals surface area contributed by atoms with Gasteiger partial charge in [-0.25, -0.2) is 0 Å². The van der Waals surface area contributed by atoms with E-state index >= 15 is 0 Å². The molecule has 0 aromatic carbocycles. The van der Waals surface area contributed by atoms with Crippen LogP contribution >= 0.6 is 0 Å². The Hall–Kier alpha value is -0.850. The Morgan fingerprint density at radius 2 is 1.89 bits per heavy atom. The fourth-order valence-electron chi connectivity index (χ4n) is 1.61. The van der Waals surface area contributed by atoms with Gasteiger partial charge in [0.25, 0.3) is 10.2 Å². The molecule has 0 aliphatic rings. The van der Waals surface area contributed by atoms with Gasteiger partial charge in [0.05, 0.1) is 6.54 Å². The van der Waals surface area contributed by atoms with Gasteiger partial charge in [0.1, 0.15) is 11.5 Å². The van der Waals surface area contributed by atoms with E-state index in [4.69, 9.17) is 4.42 Å². The van der Waals surface area contributed by atoms with E-state index in [1.807, 2.05) is 19.9 Å². The van der Waals surface area contributed by atoms with Crippen molar-refractivity contribution in [2.45, 2.75) is 33.2 Å². The summed E-state index contributed by atoms with van der Waals surface area (Å²) in [5.74, 6) is 1.44. The van der Waals surface area contributed by atoms with Crippen LogP contribution in [0.5, 0.6) is 0 Å². The van der Waals surface area contributed by atoms with E-state index in [-0.39, 0.29) is 6.54 Å². The highest BCUT2D eigenvalue weighted by Gasteiger charge is 2.23. The molecule has 0 amide bonds. The van der Waals surface area contributed by atoms with Gasteiger partial charge in [-0.15, -0.1) is 0 Å². The number of hydrogen-bond donors (Lipinski definition) is 0. The summed E-state index contributed by atoms with van der Waals surface area (Å²) < 4.78 is 32.4. The van der Waals surface area contributed by atoms with Crippen molar-refractivity contribution in [3.05, 3.63) is 23.7 Å². The molecule has 0 bridgehead atoms. The third-order valence-corrected chi connectivity index (χ3v) is 4.68. The average Bonchev–Trinajstić information content (AvgIpc) is 2.71. The summed E-state index contributed by atoms with van der Waals surface area (Å²) in [5, 5.41) is 0. The summed E-state index contributed by atoms with van der Waals surface area (Å²) in [5.41, 5.74) is 0. The summed E-state index contributed by atoms with van der Waals surface area (Å²) in [6.07, 6.45) is 1.84. The van der Waals surface area contributed by atoms with Crippen molar-refractivity contribution in [2.24, 2.45) is 0 Å². The number of unbranched alkanes of at least 4 members (excludes halogenated alkanes) is 1. The second-order valence-corrected chi connectivity index (χ2v) is 6.59. The lowest BCUT2D eigenvalue weighted by atomic mass is 10.3. The fraction of sp³-hybridized carbons (Fsp3) is 0.667. The highest BCUT2D eigenvalue weighted by Crippen LogP contribution is 2.13. The zero-order valence-corrected chi connectivity index (χ0v) is 12.3. The van der Waals surface area contributed by atoms with E-state index in [1.165, 1.54) is 8.61 Å². The SMILES string of the molecule is CCCCN(C)S(=O)(=O)N(C)Cc1ccc(C)o1. The Labute approximate surface area is 110 Å². The monoisotopic (exact) mass is 274 g/mol. The van der Waals surface area contributed by atoms with E-state index in [2.05, 4.69) is 0 Å². The summed E-state index contributed by atoms with van der Waals surface area (Å²) in [6.45, 7) is 4.67. The van der Waals surface area contributed by atoms with E-state index in [0.717, 1.165) is 18.6 Å². The molecule has 1 aromatic rings. The maximum Gasteiger partial charge on any atom is 0.281 e. The standard InChI is InChI=1S/C12H22N2O3S/c1-5-6-9-13(3)18(15,16)14(4)10-12-8-7-11(2)17-12/h7-8H,5-6,9-10H2,1-4H3. The molecule has 104 valence electrons. The van der Waals surface area contributed by atoms with Crippen molar-refractivity contribution >= 4 is 10.2 Å². The number of nitrogens with zero attached hydrogens (tertiary/aromatic N) is 2. The normalized spacial score (nSPS) is 12.6. The van der Waals surface area contributed by atoms with Crippen LogP contribution in [0, 0.1) is 6.92 Å². The molecule has 0 spiro atoms. The lowest BCUT2D eigenvalue weighted by Crippen LogP contribution is -2.39. The largest absolute Gasteiger partial charge is 0.465 e. The minimum absolute atomic E-state index is 0.257. The molecule has 0 radical (unpaired) electrons. The van der Waals surface area contributed by atoms with Crippen molar-refractivity contribution in [1.82, 2.24) is 8.61 Å². The minimum Gasteiger partial charge on any atom is -0.465 e. The van der Waals surface area contributed by atoms with Gasteiger partial charge in [-0.1, -0.05) is 13.3 Å². The Balaban J connectivity index is 2.66. The minimum atomic E-state index is -3.39. The molecule has 1 aromatic heterocycles. The maximum absolute atomic E-state index is 12.2. The van der Waals surface area contributed by atoms with Gasteiger partial charge in [-0.3, -0.25) is 0 Å². The number of rotatable bonds is 7. The van der Waals surface area contributed by atoms with E-state index in [9.17, 15) is 8.42 Å². The Morgan fingerprint density at radius 3 is 2.39 bits per heavy atom. The molecule has 0 fully saturated rings. The quantitative estimate of drug-likeness (QED) is 0.764. The topological polar surface area (TPSA) is 53.8 Å². The second kappa shape index (κ2) is 6.36. The fourth-order valence-corrected chi connectivity index (χ4v) is 2.73. The summed E-state index contributed by atoms with van der Waals surface area (Å²) >= 11 is 0. The van der Waals surface area contributed by atoms with Crippen LogP contribution in [-0.2, 0) is 16.8 Å². The molecule has 0 N–H and O–H groups in total. The van der Waals surface area contributed by atoms with E-state index < -0.39 is 10.2 Å². The van der Waals surface area contributed by atoms with Gasteiger partial charge < -0.3 is 4.42 Å². The highest BCUT2D eigenvalue weighted by atomic mass is 32.2. The first kappa shape index (κ1) is 15.2. The van der Waals surface area contributed by atoms with Crippen LogP contribution in [-0.4, -0.2) is 37.7 Å². The molecule has 0 saturated carbocycles. The zero-order valence-electron chi connectivity index (χ0n) is 11.5. The average molecular weight is 274 g/mol. The van der Waals surface area contributed by atoms with Crippen LogP contribution in [0.1, 0.15) is 31.3 Å². The van der Waals surface area contributed by atoms with Gasteiger partial charge in [0.15, 0.2) is 0 Å². The van der Waals surface area contributed by atoms with Crippen LogP contribution in [0.2, 0.25) is 0 Å². The Kier molecular flexibility index (Phi) is 5.37. The number of aryl methyl sites for hydroxylation is 1. The Morgan fingerprint density at radius 1 is 1.22 bits per heavy atom. The van der Waals surface area contributed by atoms with E-state index in [1.54, 1.807) is 20.2 Å². The van der Waals surface area contributed by atoms with Gasteiger partial charge >= 0.3 is 0 Å². The van der Waals surface area contributed by atoms with Crippen molar-refractivity contribution in [2.75, 3.05) is 20.6 Å². The lowest BCUT2D eigenvalue weighted by Gasteiger charge is -2.23. The Bertz CT molecular complexity index is 467. The predicted molar refractivity (Wildman–Crippen MR) is 71.4 cm³/mol. The molecule has 18 heavy (non-hydrogen) atoms. The van der Waals surface area contributed by atoms with Gasteiger partial charge in [-0.2, -0.15) is 17.0 Å². The van der Waals surface area contributed by atoms with Crippen LogP contribution in [0.4, 0.5) is 0 Å².